The molecule has 0 saturated carbocycles. The fourth-order valence-electron chi connectivity index (χ4n) is 1.13. The lowest BCUT2D eigenvalue weighted by atomic mass is 10.2. The largest absolute Gasteiger partial charge is 0.466 e. The predicted octanol–water partition coefficient (Wildman–Crippen LogP) is 1.97. The summed E-state index contributed by atoms with van der Waals surface area (Å²) in [5, 5.41) is 0. The topological polar surface area (TPSA) is 22.4 Å². The van der Waals surface area contributed by atoms with Gasteiger partial charge in [0.25, 0.3) is 0 Å². The molecule has 10 heavy (non-hydrogen) atoms. The molecule has 0 aromatic carbocycles. The van der Waals surface area contributed by atoms with Crippen molar-refractivity contribution in [1.29, 1.82) is 0 Å². The van der Waals surface area contributed by atoms with Crippen LogP contribution in [0.2, 0.25) is 0 Å². The average molecular weight is 137 g/mol. The van der Waals surface area contributed by atoms with Gasteiger partial charge in [-0.2, -0.15) is 0 Å². The average Bonchev–Trinajstić information content (AvgIpc) is 2.59. The maximum Gasteiger partial charge on any atom is 0.161 e. The minimum atomic E-state index is 0.843. The molecule has 1 aliphatic rings. The van der Waals surface area contributed by atoms with Crippen LogP contribution in [0.3, 0.4) is 0 Å². The van der Waals surface area contributed by atoms with E-state index in [1.165, 1.54) is 0 Å². The van der Waals surface area contributed by atoms with Crippen LogP contribution in [0.5, 0.6) is 0 Å². The van der Waals surface area contributed by atoms with E-state index in [1.807, 2.05) is 12.1 Å². The van der Waals surface area contributed by atoms with Crippen LogP contribution in [-0.2, 0) is 4.74 Å². The van der Waals surface area contributed by atoms with Crippen molar-refractivity contribution >= 4 is 0 Å². The molecule has 0 N–H and O–H groups in total. The van der Waals surface area contributed by atoms with Crippen molar-refractivity contribution in [2.45, 2.75) is 12.8 Å². The lowest BCUT2D eigenvalue weighted by Crippen LogP contribution is -1.93. The molecule has 0 aliphatic carbocycles. The van der Waals surface area contributed by atoms with Gasteiger partial charge < -0.3 is 9.15 Å². The summed E-state index contributed by atoms with van der Waals surface area (Å²) in [6.45, 7) is 0.843. The van der Waals surface area contributed by atoms with E-state index in [-0.39, 0.29) is 0 Å². The molecule has 0 atom stereocenters. The van der Waals surface area contributed by atoms with Crippen molar-refractivity contribution in [3.05, 3.63) is 30.3 Å². The third-order valence-corrected chi connectivity index (χ3v) is 1.62. The SMILES string of the molecule is c1coc([C]2CCCO2)c1. The Labute approximate surface area is 59.8 Å². The molecule has 53 valence electrons. The summed E-state index contributed by atoms with van der Waals surface area (Å²) < 4.78 is 10.5. The second kappa shape index (κ2) is 2.46. The second-order valence-electron chi connectivity index (χ2n) is 2.35. The van der Waals surface area contributed by atoms with E-state index in [0.717, 1.165) is 31.3 Å². The first-order valence-corrected chi connectivity index (χ1v) is 3.49. The molecule has 1 aromatic rings. The molecule has 0 spiro atoms. The number of hydrogen-bond acceptors (Lipinski definition) is 2. The van der Waals surface area contributed by atoms with Gasteiger partial charge in [-0.15, -0.1) is 0 Å². The molecule has 2 heterocycles. The normalized spacial score (nSPS) is 20.0. The van der Waals surface area contributed by atoms with E-state index < -0.39 is 0 Å². The smallest absolute Gasteiger partial charge is 0.161 e. The number of ether oxygens (including phenoxy) is 1. The van der Waals surface area contributed by atoms with Crippen LogP contribution in [0.25, 0.3) is 0 Å². The van der Waals surface area contributed by atoms with Crippen molar-refractivity contribution in [1.82, 2.24) is 0 Å². The molecular weight excluding hydrogens is 128 g/mol. The van der Waals surface area contributed by atoms with E-state index in [2.05, 4.69) is 0 Å². The number of rotatable bonds is 1. The zero-order valence-electron chi connectivity index (χ0n) is 5.67. The summed E-state index contributed by atoms with van der Waals surface area (Å²) in [4.78, 5) is 0. The molecule has 0 bridgehead atoms. The molecule has 2 nitrogen and oxygen atoms in total. The standard InChI is InChI=1S/C8H9O2/c1-3-7(9-5-1)8-4-2-6-10-8/h1,3,5H,2,4,6H2. The Morgan fingerprint density at radius 1 is 1.40 bits per heavy atom. The van der Waals surface area contributed by atoms with E-state index in [4.69, 9.17) is 9.15 Å². The Hall–Kier alpha value is -0.760. The van der Waals surface area contributed by atoms with Gasteiger partial charge in [0.1, 0.15) is 5.76 Å². The van der Waals surface area contributed by atoms with E-state index in [0.29, 0.717) is 0 Å². The maximum atomic E-state index is 5.32. The van der Waals surface area contributed by atoms with Gasteiger partial charge in [-0.25, -0.2) is 0 Å². The van der Waals surface area contributed by atoms with Crippen LogP contribution in [0.4, 0.5) is 0 Å². The highest BCUT2D eigenvalue weighted by Crippen LogP contribution is 2.27. The summed E-state index contributed by atoms with van der Waals surface area (Å²) in [5.74, 6) is 0.887. The predicted molar refractivity (Wildman–Crippen MR) is 36.2 cm³/mol. The van der Waals surface area contributed by atoms with Crippen molar-refractivity contribution in [2.24, 2.45) is 0 Å². The zero-order chi connectivity index (χ0) is 6.81. The molecule has 0 unspecified atom stereocenters. The van der Waals surface area contributed by atoms with Crippen LogP contribution < -0.4 is 0 Å². The van der Waals surface area contributed by atoms with Gasteiger partial charge in [-0.05, 0) is 25.0 Å². The third-order valence-electron chi connectivity index (χ3n) is 1.62. The minimum Gasteiger partial charge on any atom is -0.466 e. The molecule has 1 saturated heterocycles. The first kappa shape index (κ1) is 5.98. The van der Waals surface area contributed by atoms with Crippen molar-refractivity contribution in [3.8, 4) is 0 Å². The summed E-state index contributed by atoms with van der Waals surface area (Å²) in [6.07, 6.45) is 4.82. The summed E-state index contributed by atoms with van der Waals surface area (Å²) in [5.41, 5.74) is 0. The van der Waals surface area contributed by atoms with Crippen molar-refractivity contribution in [3.63, 3.8) is 0 Å². The first-order valence-electron chi connectivity index (χ1n) is 3.49. The molecule has 0 amide bonds. The fourth-order valence-corrected chi connectivity index (χ4v) is 1.13. The van der Waals surface area contributed by atoms with Crippen LogP contribution in [-0.4, -0.2) is 6.61 Å². The van der Waals surface area contributed by atoms with Crippen molar-refractivity contribution in [2.75, 3.05) is 6.61 Å². The molecule has 1 radical (unpaired) electrons. The number of furan rings is 1. The van der Waals surface area contributed by atoms with E-state index >= 15 is 0 Å². The minimum absolute atomic E-state index is 0.843. The van der Waals surface area contributed by atoms with Gasteiger partial charge in [0.2, 0.25) is 0 Å². The lowest BCUT2D eigenvalue weighted by molar-refractivity contribution is 0.200. The van der Waals surface area contributed by atoms with Gasteiger partial charge in [0, 0.05) is 6.61 Å². The highest BCUT2D eigenvalue weighted by atomic mass is 16.5. The van der Waals surface area contributed by atoms with Crippen molar-refractivity contribution < 1.29 is 9.15 Å². The van der Waals surface area contributed by atoms with Crippen LogP contribution >= 0.6 is 0 Å². The summed E-state index contributed by atoms with van der Waals surface area (Å²) in [7, 11) is 0. The molecule has 2 rings (SSSR count). The molecule has 1 fully saturated rings. The first-order chi connectivity index (χ1) is 4.97. The molecular formula is C8H9O2. The van der Waals surface area contributed by atoms with Crippen LogP contribution in [0.1, 0.15) is 18.6 Å². The lowest BCUT2D eigenvalue weighted by Gasteiger charge is -2.01. The second-order valence-corrected chi connectivity index (χ2v) is 2.35. The van der Waals surface area contributed by atoms with E-state index in [9.17, 15) is 0 Å². The van der Waals surface area contributed by atoms with Gasteiger partial charge in [-0.1, -0.05) is 0 Å². The molecule has 1 aliphatic heterocycles. The van der Waals surface area contributed by atoms with Gasteiger partial charge >= 0.3 is 0 Å². The Bertz CT molecular complexity index is 185. The fraction of sp³-hybridized carbons (Fsp3) is 0.375. The van der Waals surface area contributed by atoms with Gasteiger partial charge in [0.05, 0.1) is 6.26 Å². The van der Waals surface area contributed by atoms with Gasteiger partial charge in [0.15, 0.2) is 6.10 Å². The van der Waals surface area contributed by atoms with Crippen LogP contribution in [0.15, 0.2) is 22.8 Å². The van der Waals surface area contributed by atoms with Gasteiger partial charge in [-0.3, -0.25) is 0 Å². The Kier molecular flexibility index (Phi) is 1.47. The zero-order valence-corrected chi connectivity index (χ0v) is 5.67. The van der Waals surface area contributed by atoms with Crippen LogP contribution in [0, 0.1) is 6.10 Å². The Morgan fingerprint density at radius 3 is 3.00 bits per heavy atom. The monoisotopic (exact) mass is 137 g/mol. The summed E-state index contributed by atoms with van der Waals surface area (Å²) >= 11 is 0. The van der Waals surface area contributed by atoms with E-state index in [1.54, 1.807) is 6.26 Å². The Morgan fingerprint density at radius 2 is 2.40 bits per heavy atom. The summed E-state index contributed by atoms with van der Waals surface area (Å²) in [6, 6.07) is 3.81. The molecule has 1 aromatic heterocycles. The highest BCUT2D eigenvalue weighted by molar-refractivity contribution is 5.16. The number of hydrogen-bond donors (Lipinski definition) is 0. The highest BCUT2D eigenvalue weighted by Gasteiger charge is 2.20. The quantitative estimate of drug-likeness (QED) is 0.590. The molecule has 2 heteroatoms. The maximum absolute atomic E-state index is 5.32. The Balaban J connectivity index is 2.12. The third kappa shape index (κ3) is 0.948.